The Bertz CT molecular complexity index is 1020. The van der Waals surface area contributed by atoms with Crippen LogP contribution in [0.1, 0.15) is 40.7 Å². The number of benzene rings is 1. The fourth-order valence-corrected chi connectivity index (χ4v) is 4.00. The maximum Gasteiger partial charge on any atom is 0.241 e. The van der Waals surface area contributed by atoms with E-state index in [1.165, 1.54) is 0 Å². The summed E-state index contributed by atoms with van der Waals surface area (Å²) >= 11 is 0. The Balaban J connectivity index is 1.52. The second kappa shape index (κ2) is 8.77. The van der Waals surface area contributed by atoms with Crippen LogP contribution in [0.25, 0.3) is 0 Å². The van der Waals surface area contributed by atoms with E-state index in [1.807, 2.05) is 85.2 Å². The molecule has 2 unspecified atom stereocenters. The monoisotopic (exact) mass is 404 g/mol. The fraction of sp³-hybridized carbons (Fsp3) is 0.348. The molecule has 156 valence electrons. The van der Waals surface area contributed by atoms with E-state index >= 15 is 0 Å². The van der Waals surface area contributed by atoms with Gasteiger partial charge in [-0.2, -0.15) is 5.10 Å². The quantitative estimate of drug-likeness (QED) is 0.661. The number of rotatable bonds is 6. The highest BCUT2D eigenvalue weighted by Crippen LogP contribution is 2.25. The molecule has 3 heterocycles. The van der Waals surface area contributed by atoms with E-state index in [9.17, 15) is 4.79 Å². The SMILES string of the molecule is Cc1cccc(CN(Cc2ccccc2)C(=O)C2CC(c3cn(C)nc3C)NN2)n1. The molecule has 1 amide bonds. The summed E-state index contributed by atoms with van der Waals surface area (Å²) in [6.07, 6.45) is 2.69. The van der Waals surface area contributed by atoms with E-state index in [1.54, 1.807) is 0 Å². The van der Waals surface area contributed by atoms with Gasteiger partial charge < -0.3 is 4.90 Å². The van der Waals surface area contributed by atoms with Crippen LogP contribution in [0.15, 0.2) is 54.7 Å². The van der Waals surface area contributed by atoms with E-state index in [0.717, 1.165) is 28.2 Å². The van der Waals surface area contributed by atoms with Crippen LogP contribution in [0, 0.1) is 13.8 Å². The van der Waals surface area contributed by atoms with Gasteiger partial charge in [0.15, 0.2) is 0 Å². The van der Waals surface area contributed by atoms with Gasteiger partial charge in [-0.05, 0) is 38.0 Å². The number of carbonyl (C=O) groups excluding carboxylic acids is 1. The second-order valence-electron chi connectivity index (χ2n) is 7.92. The van der Waals surface area contributed by atoms with Gasteiger partial charge >= 0.3 is 0 Å². The van der Waals surface area contributed by atoms with Crippen molar-refractivity contribution in [3.05, 3.63) is 82.9 Å². The summed E-state index contributed by atoms with van der Waals surface area (Å²) in [7, 11) is 1.91. The van der Waals surface area contributed by atoms with Gasteiger partial charge in [0.25, 0.3) is 0 Å². The maximum atomic E-state index is 13.5. The molecule has 1 aliphatic rings. The van der Waals surface area contributed by atoms with E-state index in [4.69, 9.17) is 0 Å². The molecule has 1 aromatic carbocycles. The largest absolute Gasteiger partial charge is 0.331 e. The highest BCUT2D eigenvalue weighted by Gasteiger charge is 2.34. The third-order valence-electron chi connectivity index (χ3n) is 5.45. The maximum absolute atomic E-state index is 13.5. The van der Waals surface area contributed by atoms with Gasteiger partial charge in [0.1, 0.15) is 6.04 Å². The molecule has 2 N–H and O–H groups in total. The Hall–Kier alpha value is -3.03. The molecular formula is C23H28N6O. The van der Waals surface area contributed by atoms with Crippen molar-refractivity contribution in [3.63, 3.8) is 0 Å². The molecule has 30 heavy (non-hydrogen) atoms. The molecule has 4 rings (SSSR count). The van der Waals surface area contributed by atoms with E-state index < -0.39 is 0 Å². The predicted octanol–water partition coefficient (Wildman–Crippen LogP) is 2.57. The lowest BCUT2D eigenvalue weighted by Gasteiger charge is -2.25. The normalized spacial score (nSPS) is 18.5. The minimum absolute atomic E-state index is 0.0586. The summed E-state index contributed by atoms with van der Waals surface area (Å²) in [5, 5.41) is 4.43. The molecule has 2 aromatic heterocycles. The highest BCUT2D eigenvalue weighted by molar-refractivity contribution is 5.82. The van der Waals surface area contributed by atoms with Crippen LogP contribution in [0.2, 0.25) is 0 Å². The molecule has 7 nitrogen and oxygen atoms in total. The van der Waals surface area contributed by atoms with Crippen LogP contribution in [-0.4, -0.2) is 31.6 Å². The Morgan fingerprint density at radius 2 is 1.90 bits per heavy atom. The molecule has 1 saturated heterocycles. The van der Waals surface area contributed by atoms with Crippen LogP contribution in [-0.2, 0) is 24.9 Å². The first kappa shape index (κ1) is 20.3. The lowest BCUT2D eigenvalue weighted by molar-refractivity contribution is -0.134. The molecule has 1 fully saturated rings. The molecule has 1 aliphatic heterocycles. The van der Waals surface area contributed by atoms with Crippen molar-refractivity contribution in [2.45, 2.75) is 45.4 Å². The zero-order valence-corrected chi connectivity index (χ0v) is 17.7. The zero-order chi connectivity index (χ0) is 21.1. The number of amides is 1. The average molecular weight is 405 g/mol. The first-order chi connectivity index (χ1) is 14.5. The third kappa shape index (κ3) is 4.58. The summed E-state index contributed by atoms with van der Waals surface area (Å²) < 4.78 is 1.81. The summed E-state index contributed by atoms with van der Waals surface area (Å²) in [6, 6.07) is 15.8. The van der Waals surface area contributed by atoms with Crippen molar-refractivity contribution >= 4 is 5.91 Å². The number of pyridine rings is 1. The molecule has 0 spiro atoms. The van der Waals surface area contributed by atoms with Gasteiger partial charge in [-0.25, -0.2) is 10.9 Å². The summed E-state index contributed by atoms with van der Waals surface area (Å²) in [5.74, 6) is 0.0682. The van der Waals surface area contributed by atoms with Crippen LogP contribution >= 0.6 is 0 Å². The smallest absolute Gasteiger partial charge is 0.241 e. The Kier molecular flexibility index (Phi) is 5.92. The van der Waals surface area contributed by atoms with E-state index in [2.05, 4.69) is 20.9 Å². The minimum atomic E-state index is -0.303. The molecule has 0 radical (unpaired) electrons. The third-order valence-corrected chi connectivity index (χ3v) is 5.45. The molecular weight excluding hydrogens is 376 g/mol. The average Bonchev–Trinajstić information content (AvgIpc) is 3.34. The minimum Gasteiger partial charge on any atom is -0.331 e. The number of hydrogen-bond donors (Lipinski definition) is 2. The van der Waals surface area contributed by atoms with Crippen LogP contribution in [0.3, 0.4) is 0 Å². The van der Waals surface area contributed by atoms with Crippen LogP contribution < -0.4 is 10.9 Å². The van der Waals surface area contributed by atoms with Crippen LogP contribution in [0.5, 0.6) is 0 Å². The van der Waals surface area contributed by atoms with Crippen molar-refractivity contribution in [3.8, 4) is 0 Å². The van der Waals surface area contributed by atoms with Gasteiger partial charge in [0.2, 0.25) is 5.91 Å². The summed E-state index contributed by atoms with van der Waals surface area (Å²) in [5.41, 5.74) is 11.5. The Labute approximate surface area is 177 Å². The molecule has 3 aromatic rings. The first-order valence-electron chi connectivity index (χ1n) is 10.3. The number of nitrogens with zero attached hydrogens (tertiary/aromatic N) is 4. The number of nitrogens with one attached hydrogen (secondary N) is 2. The zero-order valence-electron chi connectivity index (χ0n) is 17.7. The predicted molar refractivity (Wildman–Crippen MR) is 115 cm³/mol. The number of aryl methyl sites for hydroxylation is 3. The highest BCUT2D eigenvalue weighted by atomic mass is 16.2. The summed E-state index contributed by atoms with van der Waals surface area (Å²) in [6.45, 7) is 4.99. The van der Waals surface area contributed by atoms with E-state index in [0.29, 0.717) is 19.5 Å². The lowest BCUT2D eigenvalue weighted by Crippen LogP contribution is -2.45. The van der Waals surface area contributed by atoms with Crippen LogP contribution in [0.4, 0.5) is 0 Å². The fourth-order valence-electron chi connectivity index (χ4n) is 4.00. The second-order valence-corrected chi connectivity index (χ2v) is 7.92. The van der Waals surface area contributed by atoms with Crippen molar-refractivity contribution in [1.82, 2.24) is 30.5 Å². The molecule has 2 atom stereocenters. The number of aromatic nitrogens is 3. The number of hydrogen-bond acceptors (Lipinski definition) is 5. The number of carbonyl (C=O) groups is 1. The van der Waals surface area contributed by atoms with E-state index in [-0.39, 0.29) is 18.0 Å². The van der Waals surface area contributed by atoms with Gasteiger partial charge in [0.05, 0.1) is 24.0 Å². The number of hydrazine groups is 1. The first-order valence-corrected chi connectivity index (χ1v) is 10.3. The lowest BCUT2D eigenvalue weighted by atomic mass is 10.0. The van der Waals surface area contributed by atoms with Gasteiger partial charge in [-0.3, -0.25) is 14.5 Å². The van der Waals surface area contributed by atoms with Gasteiger partial charge in [0, 0.05) is 31.0 Å². The van der Waals surface area contributed by atoms with Crippen molar-refractivity contribution < 1.29 is 4.79 Å². The van der Waals surface area contributed by atoms with Gasteiger partial charge in [-0.15, -0.1) is 0 Å². The molecule has 0 saturated carbocycles. The Morgan fingerprint density at radius 3 is 2.60 bits per heavy atom. The van der Waals surface area contributed by atoms with Crippen molar-refractivity contribution in [1.29, 1.82) is 0 Å². The molecule has 0 bridgehead atoms. The topological polar surface area (TPSA) is 75.1 Å². The Morgan fingerprint density at radius 1 is 1.10 bits per heavy atom. The molecule has 7 heteroatoms. The summed E-state index contributed by atoms with van der Waals surface area (Å²) in [4.78, 5) is 20.0. The standard InChI is InChI=1S/C23H28N6O/c1-16-8-7-11-19(24-16)14-29(13-18-9-5-4-6-10-18)23(30)22-12-21(25-26-22)20-15-28(3)27-17(20)2/h4-11,15,21-22,25-26H,12-14H2,1-3H3. The molecule has 0 aliphatic carbocycles. The van der Waals surface area contributed by atoms with Crippen molar-refractivity contribution in [2.75, 3.05) is 0 Å². The van der Waals surface area contributed by atoms with Gasteiger partial charge in [-0.1, -0.05) is 36.4 Å². The van der Waals surface area contributed by atoms with Crippen molar-refractivity contribution in [2.24, 2.45) is 7.05 Å².